The molecule has 0 aromatic carbocycles. The monoisotopic (exact) mass is 877 g/mol. The molecule has 0 N–H and O–H groups in total. The van der Waals surface area contributed by atoms with E-state index in [2.05, 4.69) is 106 Å². The SMILES string of the molecule is CC/C=C\C/C=C\C/C=C\CCCCCCC(=O)OCC(COC(=O)CCCCCCCCC/C=C\CCCCCCCC)OC(=O)CCCCCC/C=C\C/C=C\C/C=C\CC. The molecule has 0 radical (unpaired) electrons. The number of allylic oxidation sites excluding steroid dienone is 14. The number of carbonyl (C=O) groups excluding carboxylic acids is 3. The van der Waals surface area contributed by atoms with Gasteiger partial charge in [0.05, 0.1) is 0 Å². The highest BCUT2D eigenvalue weighted by Gasteiger charge is 2.19. The first-order valence-electron chi connectivity index (χ1n) is 26.1. The van der Waals surface area contributed by atoms with Crippen molar-refractivity contribution in [1.29, 1.82) is 0 Å². The van der Waals surface area contributed by atoms with Gasteiger partial charge in [-0.3, -0.25) is 14.4 Å². The second-order valence-corrected chi connectivity index (χ2v) is 17.0. The van der Waals surface area contributed by atoms with E-state index in [1.807, 2.05) is 0 Å². The van der Waals surface area contributed by atoms with Crippen molar-refractivity contribution in [3.05, 3.63) is 85.1 Å². The fraction of sp³-hybridized carbons (Fsp3) is 0.702. The van der Waals surface area contributed by atoms with E-state index in [0.29, 0.717) is 19.3 Å². The number of carbonyl (C=O) groups is 3. The number of ether oxygens (including phenoxy) is 3. The summed E-state index contributed by atoms with van der Waals surface area (Å²) in [6.07, 6.45) is 65.7. The molecule has 0 saturated carbocycles. The molecule has 0 amide bonds. The molecule has 63 heavy (non-hydrogen) atoms. The second-order valence-electron chi connectivity index (χ2n) is 17.0. The summed E-state index contributed by atoms with van der Waals surface area (Å²) >= 11 is 0. The standard InChI is InChI=1S/C57H96O6/c1-4-7-10-13-16-19-22-25-28-29-30-33-35-38-41-44-47-50-56(59)62-53-54(63-57(60)51-48-45-42-39-36-32-27-24-21-18-15-12-9-6-3)52-61-55(58)49-46-43-40-37-34-31-26-23-20-17-14-11-8-5-2/h8-9,11-12,17-18,20-21,25-28,31-32,54H,4-7,10,13-16,19,22-24,29-30,33-53H2,1-3H3/b11-8-,12-9-,20-17-,21-18-,28-25-,31-26-,32-27-. The minimum atomic E-state index is -0.799. The van der Waals surface area contributed by atoms with E-state index in [1.54, 1.807) is 0 Å². The number of hydrogen-bond acceptors (Lipinski definition) is 6. The van der Waals surface area contributed by atoms with Crippen LogP contribution in [-0.2, 0) is 28.6 Å². The number of rotatable bonds is 46. The summed E-state index contributed by atoms with van der Waals surface area (Å²) in [5, 5.41) is 0. The Bertz CT molecular complexity index is 1240. The van der Waals surface area contributed by atoms with Crippen LogP contribution in [-0.4, -0.2) is 37.2 Å². The van der Waals surface area contributed by atoms with Crippen LogP contribution in [0.1, 0.15) is 239 Å². The van der Waals surface area contributed by atoms with Gasteiger partial charge in [0, 0.05) is 19.3 Å². The maximum atomic E-state index is 12.8. The zero-order valence-electron chi connectivity index (χ0n) is 41.1. The Morgan fingerprint density at radius 3 is 0.984 bits per heavy atom. The molecule has 0 heterocycles. The zero-order chi connectivity index (χ0) is 45.8. The maximum Gasteiger partial charge on any atom is 0.306 e. The highest BCUT2D eigenvalue weighted by molar-refractivity contribution is 5.71. The van der Waals surface area contributed by atoms with E-state index in [9.17, 15) is 14.4 Å². The van der Waals surface area contributed by atoms with Gasteiger partial charge in [-0.05, 0) is 109 Å². The summed E-state index contributed by atoms with van der Waals surface area (Å²) in [4.78, 5) is 38.0. The van der Waals surface area contributed by atoms with Crippen molar-refractivity contribution in [2.24, 2.45) is 0 Å². The average Bonchev–Trinajstić information content (AvgIpc) is 3.28. The molecule has 0 aromatic heterocycles. The summed E-state index contributed by atoms with van der Waals surface area (Å²) in [6.45, 7) is 6.36. The quantitative estimate of drug-likeness (QED) is 0.0262. The number of unbranched alkanes of at least 4 members (excludes halogenated alkanes) is 21. The van der Waals surface area contributed by atoms with Gasteiger partial charge < -0.3 is 14.2 Å². The molecule has 0 aromatic rings. The van der Waals surface area contributed by atoms with Crippen LogP contribution in [0.25, 0.3) is 0 Å². The summed E-state index contributed by atoms with van der Waals surface area (Å²) in [5.74, 6) is -0.946. The smallest absolute Gasteiger partial charge is 0.306 e. The Balaban J connectivity index is 4.44. The van der Waals surface area contributed by atoms with E-state index < -0.39 is 6.10 Å². The Morgan fingerprint density at radius 1 is 0.333 bits per heavy atom. The molecule has 1 atom stereocenters. The molecule has 6 nitrogen and oxygen atoms in total. The van der Waals surface area contributed by atoms with Crippen molar-refractivity contribution in [2.45, 2.75) is 245 Å². The van der Waals surface area contributed by atoms with E-state index in [4.69, 9.17) is 14.2 Å². The highest BCUT2D eigenvalue weighted by Crippen LogP contribution is 2.14. The van der Waals surface area contributed by atoms with Crippen LogP contribution in [0.15, 0.2) is 85.1 Å². The third-order valence-corrected chi connectivity index (χ3v) is 10.9. The van der Waals surface area contributed by atoms with Gasteiger partial charge in [0.15, 0.2) is 6.10 Å². The molecule has 6 heteroatoms. The average molecular weight is 877 g/mol. The third kappa shape index (κ3) is 49.5. The van der Waals surface area contributed by atoms with Crippen molar-refractivity contribution in [1.82, 2.24) is 0 Å². The Kier molecular flexibility index (Phi) is 48.5. The molecule has 0 saturated heterocycles. The van der Waals surface area contributed by atoms with Crippen molar-refractivity contribution in [3.8, 4) is 0 Å². The minimum Gasteiger partial charge on any atom is -0.462 e. The fourth-order valence-corrected chi connectivity index (χ4v) is 6.99. The summed E-state index contributed by atoms with van der Waals surface area (Å²) in [7, 11) is 0. The first kappa shape index (κ1) is 59.6. The van der Waals surface area contributed by atoms with E-state index >= 15 is 0 Å². The van der Waals surface area contributed by atoms with E-state index in [0.717, 1.165) is 122 Å². The molecule has 1 unspecified atom stereocenters. The molecule has 0 fully saturated rings. The van der Waals surface area contributed by atoms with Crippen LogP contribution in [0, 0.1) is 0 Å². The van der Waals surface area contributed by atoms with Crippen LogP contribution in [0.2, 0.25) is 0 Å². The van der Waals surface area contributed by atoms with Gasteiger partial charge in [-0.15, -0.1) is 0 Å². The number of esters is 3. The normalized spacial score (nSPS) is 12.7. The number of hydrogen-bond donors (Lipinski definition) is 0. The molecule has 0 rings (SSSR count). The molecule has 0 aliphatic carbocycles. The largest absolute Gasteiger partial charge is 0.462 e. The van der Waals surface area contributed by atoms with Gasteiger partial charge in [-0.2, -0.15) is 0 Å². The highest BCUT2D eigenvalue weighted by atomic mass is 16.6. The van der Waals surface area contributed by atoms with E-state index in [-0.39, 0.29) is 31.1 Å². The van der Waals surface area contributed by atoms with Gasteiger partial charge in [0.25, 0.3) is 0 Å². The maximum absolute atomic E-state index is 12.8. The molecule has 0 bridgehead atoms. The lowest BCUT2D eigenvalue weighted by Crippen LogP contribution is -2.30. The van der Waals surface area contributed by atoms with Crippen LogP contribution in [0.5, 0.6) is 0 Å². The first-order chi connectivity index (χ1) is 31.0. The molecule has 0 spiro atoms. The predicted octanol–water partition coefficient (Wildman–Crippen LogP) is 17.2. The van der Waals surface area contributed by atoms with Gasteiger partial charge >= 0.3 is 17.9 Å². The summed E-state index contributed by atoms with van der Waals surface area (Å²) < 4.78 is 16.8. The lowest BCUT2D eigenvalue weighted by molar-refractivity contribution is -0.167. The third-order valence-electron chi connectivity index (χ3n) is 10.9. The van der Waals surface area contributed by atoms with Gasteiger partial charge in [-0.25, -0.2) is 0 Å². The molecular formula is C57H96O6. The van der Waals surface area contributed by atoms with Crippen LogP contribution in [0.3, 0.4) is 0 Å². The molecule has 360 valence electrons. The lowest BCUT2D eigenvalue weighted by Gasteiger charge is -2.18. The second kappa shape index (κ2) is 51.2. The van der Waals surface area contributed by atoms with E-state index in [1.165, 1.54) is 77.0 Å². The first-order valence-corrected chi connectivity index (χ1v) is 26.1. The predicted molar refractivity (Wildman–Crippen MR) is 270 cm³/mol. The van der Waals surface area contributed by atoms with Crippen molar-refractivity contribution < 1.29 is 28.6 Å². The van der Waals surface area contributed by atoms with Gasteiger partial charge in [0.1, 0.15) is 13.2 Å². The van der Waals surface area contributed by atoms with Crippen molar-refractivity contribution in [2.75, 3.05) is 13.2 Å². The van der Waals surface area contributed by atoms with Gasteiger partial charge in [-0.1, -0.05) is 196 Å². The fourth-order valence-electron chi connectivity index (χ4n) is 6.99. The summed E-state index contributed by atoms with van der Waals surface area (Å²) in [5.41, 5.74) is 0. The van der Waals surface area contributed by atoms with Crippen LogP contribution in [0.4, 0.5) is 0 Å². The topological polar surface area (TPSA) is 78.9 Å². The minimum absolute atomic E-state index is 0.0958. The Hall–Kier alpha value is -3.41. The Labute approximate surface area is 388 Å². The van der Waals surface area contributed by atoms with Crippen LogP contribution >= 0.6 is 0 Å². The zero-order valence-corrected chi connectivity index (χ0v) is 41.1. The summed E-state index contributed by atoms with van der Waals surface area (Å²) in [6, 6.07) is 0. The lowest BCUT2D eigenvalue weighted by atomic mass is 10.1. The van der Waals surface area contributed by atoms with Crippen molar-refractivity contribution in [3.63, 3.8) is 0 Å². The Morgan fingerprint density at radius 2 is 0.619 bits per heavy atom. The van der Waals surface area contributed by atoms with Gasteiger partial charge in [0.2, 0.25) is 0 Å². The van der Waals surface area contributed by atoms with Crippen molar-refractivity contribution >= 4 is 17.9 Å². The molecule has 0 aliphatic heterocycles. The molecule has 0 aliphatic rings. The molecular weight excluding hydrogens is 781 g/mol. The van der Waals surface area contributed by atoms with Crippen LogP contribution < -0.4 is 0 Å².